The molecule has 1 unspecified atom stereocenters. The van der Waals surface area contributed by atoms with E-state index in [1.807, 2.05) is 24.5 Å². The maximum atomic E-state index is 4.47. The third-order valence-electron chi connectivity index (χ3n) is 3.44. The maximum Gasteiger partial charge on any atom is 0.112 e. The van der Waals surface area contributed by atoms with Crippen molar-refractivity contribution in [1.29, 1.82) is 0 Å². The highest BCUT2D eigenvalue weighted by Crippen LogP contribution is 2.23. The summed E-state index contributed by atoms with van der Waals surface area (Å²) in [5.41, 5.74) is 2.93. The average Bonchev–Trinajstić information content (AvgIpc) is 2.43. The van der Waals surface area contributed by atoms with Gasteiger partial charge in [-0.3, -0.25) is 9.97 Å². The summed E-state index contributed by atoms with van der Waals surface area (Å²) in [5, 5.41) is 3.56. The van der Waals surface area contributed by atoms with E-state index in [9.17, 15) is 0 Å². The number of pyridine rings is 2. The predicted octanol–water partition coefficient (Wildman–Crippen LogP) is 5.16. The molecule has 2 rings (SSSR count). The Labute approximate surface area is 129 Å². The quantitative estimate of drug-likeness (QED) is 0.710. The van der Waals surface area contributed by atoms with E-state index in [4.69, 9.17) is 0 Å². The highest BCUT2D eigenvalue weighted by molar-refractivity contribution is 9.10. The number of nitrogens with one attached hydrogen (secondary N) is 1. The van der Waals surface area contributed by atoms with E-state index in [1.54, 1.807) is 0 Å². The average molecular weight is 336 g/mol. The minimum absolute atomic E-state index is 0.461. The zero-order valence-electron chi connectivity index (χ0n) is 12.2. The summed E-state index contributed by atoms with van der Waals surface area (Å²) in [5.74, 6) is 0. The number of aromatic nitrogens is 2. The lowest BCUT2D eigenvalue weighted by Crippen LogP contribution is -2.15. The Bertz CT molecular complexity index is 556. The van der Waals surface area contributed by atoms with Crippen molar-refractivity contribution in [3.8, 4) is 0 Å². The predicted molar refractivity (Wildman–Crippen MR) is 89.1 cm³/mol. The van der Waals surface area contributed by atoms with Crippen molar-refractivity contribution in [2.75, 3.05) is 5.32 Å². The van der Waals surface area contributed by atoms with Gasteiger partial charge in [-0.15, -0.1) is 0 Å². The molecule has 0 radical (unpaired) electrons. The molecule has 2 aromatic rings. The first-order valence-electron chi connectivity index (χ1n) is 7.37. The van der Waals surface area contributed by atoms with Gasteiger partial charge < -0.3 is 5.32 Å². The molecule has 0 fully saturated rings. The van der Waals surface area contributed by atoms with Crippen LogP contribution in [0, 0.1) is 0 Å². The molecule has 0 aliphatic heterocycles. The Hall–Kier alpha value is -1.16. The Morgan fingerprint density at radius 2 is 2.10 bits per heavy atom. The summed E-state index contributed by atoms with van der Waals surface area (Å²) >= 11 is 3.43. The number of nitrogens with zero attached hydrogens (tertiary/aromatic N) is 2. The Kier molecular flexibility index (Phi) is 5.77. The summed E-state index contributed by atoms with van der Waals surface area (Å²) in [6.45, 7) is 4.48. The van der Waals surface area contributed by atoms with Crippen molar-refractivity contribution in [3.63, 3.8) is 0 Å². The van der Waals surface area contributed by atoms with Gasteiger partial charge in [-0.05, 0) is 41.4 Å². The largest absolute Gasteiger partial charge is 0.381 e. The smallest absolute Gasteiger partial charge is 0.112 e. The molecule has 0 spiro atoms. The van der Waals surface area contributed by atoms with Gasteiger partial charge in [0, 0.05) is 22.9 Å². The van der Waals surface area contributed by atoms with Crippen LogP contribution in [0.4, 0.5) is 5.69 Å². The monoisotopic (exact) mass is 335 g/mol. The SMILES string of the molecule is CCCCCCC(C)Nc1ccnc2cc(Br)cnc12. The molecule has 3 nitrogen and oxygen atoms in total. The van der Waals surface area contributed by atoms with Crippen LogP contribution >= 0.6 is 15.9 Å². The van der Waals surface area contributed by atoms with Crippen LogP contribution in [-0.4, -0.2) is 16.0 Å². The van der Waals surface area contributed by atoms with Crippen molar-refractivity contribution in [3.05, 3.63) is 29.0 Å². The van der Waals surface area contributed by atoms with Gasteiger partial charge in [0.15, 0.2) is 0 Å². The van der Waals surface area contributed by atoms with Gasteiger partial charge in [0.1, 0.15) is 5.52 Å². The molecule has 0 saturated heterocycles. The first-order chi connectivity index (χ1) is 9.70. The molecular formula is C16H22BrN3. The van der Waals surface area contributed by atoms with Crippen molar-refractivity contribution >= 4 is 32.7 Å². The van der Waals surface area contributed by atoms with Gasteiger partial charge in [0.2, 0.25) is 0 Å². The van der Waals surface area contributed by atoms with E-state index in [0.717, 1.165) is 21.2 Å². The van der Waals surface area contributed by atoms with Gasteiger partial charge >= 0.3 is 0 Å². The van der Waals surface area contributed by atoms with Gasteiger partial charge in [-0.2, -0.15) is 0 Å². The van der Waals surface area contributed by atoms with Gasteiger partial charge in [-0.1, -0.05) is 32.6 Å². The minimum Gasteiger partial charge on any atom is -0.381 e. The zero-order chi connectivity index (χ0) is 14.4. The van der Waals surface area contributed by atoms with Gasteiger partial charge in [-0.25, -0.2) is 0 Å². The fourth-order valence-corrected chi connectivity index (χ4v) is 2.66. The summed E-state index contributed by atoms with van der Waals surface area (Å²) in [6.07, 6.45) is 10.1. The number of hydrogen-bond acceptors (Lipinski definition) is 3. The molecule has 1 N–H and O–H groups in total. The first kappa shape index (κ1) is 15.2. The lowest BCUT2D eigenvalue weighted by molar-refractivity contribution is 0.594. The lowest BCUT2D eigenvalue weighted by Gasteiger charge is -2.16. The van der Waals surface area contributed by atoms with Gasteiger partial charge in [0.25, 0.3) is 0 Å². The molecule has 0 amide bonds. The Morgan fingerprint density at radius 1 is 1.25 bits per heavy atom. The summed E-state index contributed by atoms with van der Waals surface area (Å²) in [7, 11) is 0. The van der Waals surface area contributed by atoms with Crippen molar-refractivity contribution in [2.24, 2.45) is 0 Å². The normalized spacial score (nSPS) is 12.6. The van der Waals surface area contributed by atoms with Crippen LogP contribution in [0.25, 0.3) is 11.0 Å². The molecule has 0 bridgehead atoms. The van der Waals surface area contributed by atoms with E-state index in [-0.39, 0.29) is 0 Å². The lowest BCUT2D eigenvalue weighted by atomic mass is 10.1. The van der Waals surface area contributed by atoms with Crippen molar-refractivity contribution in [2.45, 2.75) is 52.0 Å². The summed E-state index contributed by atoms with van der Waals surface area (Å²) in [6, 6.07) is 4.47. The first-order valence-corrected chi connectivity index (χ1v) is 8.17. The third-order valence-corrected chi connectivity index (χ3v) is 3.87. The molecule has 2 aromatic heterocycles. The zero-order valence-corrected chi connectivity index (χ0v) is 13.8. The van der Waals surface area contributed by atoms with Crippen LogP contribution in [0.5, 0.6) is 0 Å². The molecule has 0 aliphatic rings. The van der Waals surface area contributed by atoms with E-state index in [2.05, 4.69) is 45.1 Å². The fraction of sp³-hybridized carbons (Fsp3) is 0.500. The molecule has 108 valence electrons. The van der Waals surface area contributed by atoms with Crippen LogP contribution in [-0.2, 0) is 0 Å². The molecule has 0 saturated carbocycles. The van der Waals surface area contributed by atoms with E-state index in [0.29, 0.717) is 6.04 Å². The van der Waals surface area contributed by atoms with Crippen LogP contribution in [0.3, 0.4) is 0 Å². The van der Waals surface area contributed by atoms with Crippen LogP contribution in [0.2, 0.25) is 0 Å². The summed E-state index contributed by atoms with van der Waals surface area (Å²) < 4.78 is 0.960. The number of anilines is 1. The standard InChI is InChI=1S/C16H22BrN3/c1-3-4-5-6-7-12(2)20-14-8-9-18-15-10-13(17)11-19-16(14)15/h8-12H,3-7H2,1-2H3,(H,18,20). The van der Waals surface area contributed by atoms with E-state index in [1.165, 1.54) is 32.1 Å². The molecular weight excluding hydrogens is 314 g/mol. The third kappa shape index (κ3) is 4.17. The Balaban J connectivity index is 2.02. The number of fused-ring (bicyclic) bond motifs is 1. The van der Waals surface area contributed by atoms with E-state index < -0.39 is 0 Å². The number of halogens is 1. The second-order valence-electron chi connectivity index (χ2n) is 5.27. The van der Waals surface area contributed by atoms with Crippen molar-refractivity contribution in [1.82, 2.24) is 9.97 Å². The molecule has 2 heterocycles. The second-order valence-corrected chi connectivity index (χ2v) is 6.19. The highest BCUT2D eigenvalue weighted by Gasteiger charge is 2.07. The molecule has 0 aromatic carbocycles. The van der Waals surface area contributed by atoms with Crippen molar-refractivity contribution < 1.29 is 0 Å². The molecule has 4 heteroatoms. The number of rotatable bonds is 7. The van der Waals surface area contributed by atoms with E-state index >= 15 is 0 Å². The topological polar surface area (TPSA) is 37.8 Å². The molecule has 20 heavy (non-hydrogen) atoms. The van der Waals surface area contributed by atoms with Crippen LogP contribution < -0.4 is 5.32 Å². The van der Waals surface area contributed by atoms with Crippen LogP contribution in [0.1, 0.15) is 46.0 Å². The van der Waals surface area contributed by atoms with Gasteiger partial charge in [0.05, 0.1) is 11.2 Å². The highest BCUT2D eigenvalue weighted by atomic mass is 79.9. The fourth-order valence-electron chi connectivity index (χ4n) is 2.34. The maximum absolute atomic E-state index is 4.47. The summed E-state index contributed by atoms with van der Waals surface area (Å²) in [4.78, 5) is 8.84. The number of hydrogen-bond donors (Lipinski definition) is 1. The Morgan fingerprint density at radius 3 is 2.90 bits per heavy atom. The number of unbranched alkanes of at least 4 members (excludes halogenated alkanes) is 3. The molecule has 1 atom stereocenters. The minimum atomic E-state index is 0.461. The second kappa shape index (κ2) is 7.58. The molecule has 0 aliphatic carbocycles. The van der Waals surface area contributed by atoms with Crippen LogP contribution in [0.15, 0.2) is 29.0 Å².